The first kappa shape index (κ1) is 31.7. The van der Waals surface area contributed by atoms with Crippen molar-refractivity contribution in [3.05, 3.63) is 65.7 Å². The zero-order chi connectivity index (χ0) is 31.1. The van der Waals surface area contributed by atoms with Crippen molar-refractivity contribution in [3.63, 3.8) is 0 Å². The Hall–Kier alpha value is -4.28. The fraction of sp³-hybridized carbons (Fsp3) is 0.394. The van der Waals surface area contributed by atoms with Crippen molar-refractivity contribution in [1.82, 2.24) is 5.32 Å². The van der Waals surface area contributed by atoms with Crippen LogP contribution < -0.4 is 25.6 Å². The van der Waals surface area contributed by atoms with Crippen LogP contribution in [0.3, 0.4) is 0 Å². The van der Waals surface area contributed by atoms with E-state index in [0.29, 0.717) is 42.0 Å². The van der Waals surface area contributed by atoms with Crippen molar-refractivity contribution in [1.29, 1.82) is 0 Å². The number of ketones is 1. The molecule has 2 unspecified atom stereocenters. The first-order chi connectivity index (χ1) is 20.7. The molecule has 1 aliphatic heterocycles. The van der Waals surface area contributed by atoms with Crippen molar-refractivity contribution < 1.29 is 28.7 Å². The standard InChI is InChI=1S/C33H40N4O6/c1-21(35-2)29(38)11-7-8-24-19-36(31(39)16-17-34)27-9-5-6-10-28(27)37(32(24)40)20-26-25-14-12-23(33(41)43-4)18-22(25)13-15-30(26)42-3/h5-6,9-10,12-15,18,21,24,35H,7-8,11,16-17,19-20,34H2,1-4H3. The lowest BCUT2D eigenvalue weighted by atomic mass is 9.96. The molecule has 0 aromatic heterocycles. The minimum absolute atomic E-state index is 0.0755. The maximum atomic E-state index is 14.4. The second-order valence-corrected chi connectivity index (χ2v) is 10.7. The summed E-state index contributed by atoms with van der Waals surface area (Å²) in [5.74, 6) is -0.622. The van der Waals surface area contributed by atoms with Gasteiger partial charge in [-0.25, -0.2) is 4.79 Å². The van der Waals surface area contributed by atoms with Crippen molar-refractivity contribution >= 4 is 45.7 Å². The molecular formula is C33H40N4O6. The number of amides is 2. The molecule has 0 bridgehead atoms. The number of carbonyl (C=O) groups excluding carboxylic acids is 4. The lowest BCUT2D eigenvalue weighted by molar-refractivity contribution is -0.124. The lowest BCUT2D eigenvalue weighted by Gasteiger charge is -2.27. The molecule has 0 saturated heterocycles. The second kappa shape index (κ2) is 14.3. The molecule has 43 heavy (non-hydrogen) atoms. The number of carbonyl (C=O) groups is 4. The van der Waals surface area contributed by atoms with E-state index < -0.39 is 11.9 Å². The van der Waals surface area contributed by atoms with Crippen LogP contribution in [-0.4, -0.2) is 64.0 Å². The molecule has 10 nitrogen and oxygen atoms in total. The molecule has 0 aliphatic carbocycles. The van der Waals surface area contributed by atoms with Gasteiger partial charge in [0, 0.05) is 31.5 Å². The zero-order valence-corrected chi connectivity index (χ0v) is 25.2. The summed E-state index contributed by atoms with van der Waals surface area (Å²) in [6.45, 7) is 2.36. The molecule has 2 atom stereocenters. The molecule has 4 rings (SSSR count). The molecule has 2 amide bonds. The maximum Gasteiger partial charge on any atom is 0.337 e. The molecule has 10 heteroatoms. The van der Waals surface area contributed by atoms with Crippen LogP contribution in [0.4, 0.5) is 11.4 Å². The Morgan fingerprint density at radius 1 is 1.05 bits per heavy atom. The van der Waals surface area contributed by atoms with Crippen molar-refractivity contribution in [2.75, 3.05) is 44.2 Å². The van der Waals surface area contributed by atoms with Gasteiger partial charge in [0.25, 0.3) is 0 Å². The number of likely N-dealkylation sites (N-methyl/N-ethyl adjacent to an activating group) is 1. The smallest absolute Gasteiger partial charge is 0.337 e. The fourth-order valence-corrected chi connectivity index (χ4v) is 5.56. The Bertz CT molecular complexity index is 1510. The van der Waals surface area contributed by atoms with E-state index in [1.807, 2.05) is 49.4 Å². The number of rotatable bonds is 12. The van der Waals surface area contributed by atoms with E-state index in [9.17, 15) is 19.2 Å². The largest absolute Gasteiger partial charge is 0.496 e. The summed E-state index contributed by atoms with van der Waals surface area (Å²) in [4.78, 5) is 55.8. The van der Waals surface area contributed by atoms with Gasteiger partial charge in [-0.15, -0.1) is 0 Å². The summed E-state index contributed by atoms with van der Waals surface area (Å²) in [6.07, 6.45) is 1.42. The second-order valence-electron chi connectivity index (χ2n) is 10.7. The number of hydrogen-bond donors (Lipinski definition) is 2. The highest BCUT2D eigenvalue weighted by Crippen LogP contribution is 2.39. The third-order valence-corrected chi connectivity index (χ3v) is 8.08. The number of nitrogens with two attached hydrogens (primary N) is 1. The Labute approximate surface area is 252 Å². The first-order valence-corrected chi connectivity index (χ1v) is 14.5. The molecule has 0 saturated carbocycles. The van der Waals surface area contributed by atoms with Crippen LogP contribution in [0.15, 0.2) is 54.6 Å². The van der Waals surface area contributed by atoms with Crippen molar-refractivity contribution in [2.45, 2.75) is 45.2 Å². The lowest BCUT2D eigenvalue weighted by Crippen LogP contribution is -2.40. The highest BCUT2D eigenvalue weighted by Gasteiger charge is 2.36. The molecule has 1 aliphatic rings. The Balaban J connectivity index is 1.78. The normalized spacial score (nSPS) is 15.6. The number of Topliss-reactive ketones (excluding diaryl/α,β-unsaturated/α-hetero) is 1. The van der Waals surface area contributed by atoms with Gasteiger partial charge < -0.3 is 30.3 Å². The van der Waals surface area contributed by atoms with E-state index >= 15 is 0 Å². The minimum atomic E-state index is -0.543. The fourth-order valence-electron chi connectivity index (χ4n) is 5.56. The highest BCUT2D eigenvalue weighted by molar-refractivity contribution is 6.06. The van der Waals surface area contributed by atoms with E-state index in [-0.39, 0.29) is 49.7 Å². The van der Waals surface area contributed by atoms with Gasteiger partial charge in [-0.2, -0.15) is 0 Å². The monoisotopic (exact) mass is 588 g/mol. The topological polar surface area (TPSA) is 131 Å². The van der Waals surface area contributed by atoms with Gasteiger partial charge in [-0.3, -0.25) is 14.4 Å². The number of esters is 1. The van der Waals surface area contributed by atoms with Gasteiger partial charge in [0.2, 0.25) is 11.8 Å². The van der Waals surface area contributed by atoms with Crippen LogP contribution in [0.2, 0.25) is 0 Å². The summed E-state index contributed by atoms with van der Waals surface area (Å²) >= 11 is 0. The number of para-hydroxylation sites is 2. The van der Waals surface area contributed by atoms with Gasteiger partial charge in [0.15, 0.2) is 0 Å². The van der Waals surface area contributed by atoms with Gasteiger partial charge in [0.1, 0.15) is 11.5 Å². The zero-order valence-electron chi connectivity index (χ0n) is 25.2. The molecule has 3 aromatic rings. The number of anilines is 2. The molecular weight excluding hydrogens is 548 g/mol. The predicted molar refractivity (Wildman–Crippen MR) is 166 cm³/mol. The number of nitrogens with one attached hydrogen (secondary N) is 1. The number of fused-ring (bicyclic) bond motifs is 2. The molecule has 228 valence electrons. The van der Waals surface area contributed by atoms with Crippen LogP contribution in [0, 0.1) is 5.92 Å². The maximum absolute atomic E-state index is 14.4. The van der Waals surface area contributed by atoms with E-state index in [1.165, 1.54) is 7.11 Å². The summed E-state index contributed by atoms with van der Waals surface area (Å²) in [5, 5.41) is 4.58. The molecule has 3 N–H and O–H groups in total. The Morgan fingerprint density at radius 3 is 2.47 bits per heavy atom. The van der Waals surface area contributed by atoms with E-state index in [2.05, 4.69) is 5.32 Å². The minimum Gasteiger partial charge on any atom is -0.496 e. The number of hydrogen-bond acceptors (Lipinski definition) is 8. The third-order valence-electron chi connectivity index (χ3n) is 8.08. The number of nitrogens with zero attached hydrogens (tertiary/aromatic N) is 2. The van der Waals surface area contributed by atoms with Crippen LogP contribution in [0.1, 0.15) is 48.5 Å². The van der Waals surface area contributed by atoms with Crippen molar-refractivity contribution in [2.24, 2.45) is 11.7 Å². The van der Waals surface area contributed by atoms with Crippen LogP contribution >= 0.6 is 0 Å². The van der Waals surface area contributed by atoms with Crippen molar-refractivity contribution in [3.8, 4) is 5.75 Å². The van der Waals surface area contributed by atoms with E-state index in [4.69, 9.17) is 15.2 Å². The number of ether oxygens (including phenoxy) is 2. The Morgan fingerprint density at radius 2 is 1.79 bits per heavy atom. The Kier molecular flexibility index (Phi) is 10.5. The molecule has 0 spiro atoms. The summed E-state index contributed by atoms with van der Waals surface area (Å²) in [6, 6.07) is 16.0. The summed E-state index contributed by atoms with van der Waals surface area (Å²) in [5.41, 5.74) is 8.16. The molecule has 1 heterocycles. The van der Waals surface area contributed by atoms with Gasteiger partial charge in [-0.05, 0) is 67.9 Å². The third kappa shape index (κ3) is 6.87. The SMILES string of the molecule is CNC(C)C(=O)CCCC1CN(C(=O)CCN)c2ccccc2N(Cc2c(OC)ccc3cc(C(=O)OC)ccc23)C1=O. The predicted octanol–water partition coefficient (Wildman–Crippen LogP) is 3.83. The van der Waals surface area contributed by atoms with E-state index in [0.717, 1.165) is 16.3 Å². The highest BCUT2D eigenvalue weighted by atomic mass is 16.5. The number of benzene rings is 3. The van der Waals surface area contributed by atoms with Crippen LogP contribution in [0.5, 0.6) is 5.75 Å². The average Bonchev–Trinajstić information content (AvgIpc) is 3.14. The number of methoxy groups -OCH3 is 2. The van der Waals surface area contributed by atoms with Gasteiger partial charge in [-0.1, -0.05) is 24.3 Å². The van der Waals surface area contributed by atoms with Crippen LogP contribution in [-0.2, 0) is 25.7 Å². The van der Waals surface area contributed by atoms with Gasteiger partial charge >= 0.3 is 5.97 Å². The van der Waals surface area contributed by atoms with E-state index in [1.54, 1.807) is 36.1 Å². The van der Waals surface area contributed by atoms with Gasteiger partial charge in [0.05, 0.1) is 49.7 Å². The molecule has 3 aromatic carbocycles. The average molecular weight is 589 g/mol. The first-order valence-electron chi connectivity index (χ1n) is 14.5. The van der Waals surface area contributed by atoms with Crippen LogP contribution in [0.25, 0.3) is 10.8 Å². The summed E-state index contributed by atoms with van der Waals surface area (Å²) < 4.78 is 10.6. The quantitative estimate of drug-likeness (QED) is 0.305. The molecule has 0 radical (unpaired) electrons. The summed E-state index contributed by atoms with van der Waals surface area (Å²) in [7, 11) is 4.65. The molecule has 0 fully saturated rings.